The number of amides is 2. The van der Waals surface area contributed by atoms with Gasteiger partial charge in [0.1, 0.15) is 5.25 Å². The molecule has 0 aliphatic rings. The molecule has 31 heavy (non-hydrogen) atoms. The van der Waals surface area contributed by atoms with Gasteiger partial charge < -0.3 is 15.7 Å². The van der Waals surface area contributed by atoms with Gasteiger partial charge in [-0.1, -0.05) is 48.0 Å². The van der Waals surface area contributed by atoms with Gasteiger partial charge >= 0.3 is 5.97 Å². The molecule has 0 fully saturated rings. The summed E-state index contributed by atoms with van der Waals surface area (Å²) in [5.74, 6) is -1.66. The molecule has 6 nitrogen and oxygen atoms in total. The van der Waals surface area contributed by atoms with Crippen LogP contribution in [-0.4, -0.2) is 22.9 Å². The van der Waals surface area contributed by atoms with Crippen molar-refractivity contribution in [1.82, 2.24) is 0 Å². The number of hydrogen-bond acceptors (Lipinski definition) is 4. The fourth-order valence-corrected chi connectivity index (χ4v) is 4.09. The maximum atomic E-state index is 13.2. The molecule has 8 heteroatoms. The van der Waals surface area contributed by atoms with Gasteiger partial charge in [0.15, 0.2) is 0 Å². The van der Waals surface area contributed by atoms with Crippen LogP contribution in [0.4, 0.5) is 11.4 Å². The number of anilines is 2. The second-order valence-electron chi connectivity index (χ2n) is 6.61. The summed E-state index contributed by atoms with van der Waals surface area (Å²) in [6, 6.07) is 20.5. The zero-order valence-corrected chi connectivity index (χ0v) is 18.0. The zero-order valence-electron chi connectivity index (χ0n) is 16.5. The third kappa shape index (κ3) is 6.10. The second-order valence-corrected chi connectivity index (χ2v) is 8.19. The molecule has 1 atom stereocenters. The SMILES string of the molecule is CC(=O)Nc1cccc(SC(C(=O)Nc2cc(C(=O)O)ccc2Cl)c2ccccc2)c1. The third-order valence-corrected chi connectivity index (χ3v) is 5.80. The molecule has 0 aliphatic carbocycles. The summed E-state index contributed by atoms with van der Waals surface area (Å²) >= 11 is 7.47. The number of aromatic carboxylic acids is 1. The lowest BCUT2D eigenvalue weighted by Crippen LogP contribution is -2.19. The number of carboxylic acids is 1. The smallest absolute Gasteiger partial charge is 0.335 e. The first-order valence-corrected chi connectivity index (χ1v) is 10.5. The van der Waals surface area contributed by atoms with E-state index in [0.717, 1.165) is 10.5 Å². The topological polar surface area (TPSA) is 95.5 Å². The van der Waals surface area contributed by atoms with Crippen LogP contribution in [-0.2, 0) is 9.59 Å². The van der Waals surface area contributed by atoms with Crippen LogP contribution < -0.4 is 10.6 Å². The molecule has 0 spiro atoms. The van der Waals surface area contributed by atoms with E-state index in [2.05, 4.69) is 10.6 Å². The summed E-state index contributed by atoms with van der Waals surface area (Å²) in [6.45, 7) is 1.43. The minimum atomic E-state index is -1.11. The van der Waals surface area contributed by atoms with Crippen LogP contribution in [0.5, 0.6) is 0 Å². The van der Waals surface area contributed by atoms with E-state index in [1.165, 1.54) is 36.9 Å². The number of nitrogens with one attached hydrogen (secondary N) is 2. The van der Waals surface area contributed by atoms with Gasteiger partial charge in [-0.05, 0) is 42.0 Å². The van der Waals surface area contributed by atoms with Crippen molar-refractivity contribution in [1.29, 1.82) is 0 Å². The Kier molecular flexibility index (Phi) is 7.33. The van der Waals surface area contributed by atoms with Crippen molar-refractivity contribution in [3.05, 3.63) is 88.9 Å². The van der Waals surface area contributed by atoms with Gasteiger partial charge in [0, 0.05) is 17.5 Å². The minimum absolute atomic E-state index is 0.0200. The molecule has 0 saturated carbocycles. The Morgan fingerprint density at radius 1 is 0.935 bits per heavy atom. The quantitative estimate of drug-likeness (QED) is 0.411. The first-order chi connectivity index (χ1) is 14.8. The standard InChI is InChI=1S/C23H19ClN2O4S/c1-14(27)25-17-8-5-9-18(13-17)31-21(15-6-3-2-4-7-15)22(28)26-20-12-16(23(29)30)10-11-19(20)24/h2-13,21H,1H3,(H,25,27)(H,26,28)(H,29,30). The summed E-state index contributed by atoms with van der Waals surface area (Å²) in [5, 5.41) is 14.3. The van der Waals surface area contributed by atoms with Crippen LogP contribution in [0.2, 0.25) is 5.02 Å². The maximum Gasteiger partial charge on any atom is 0.335 e. The lowest BCUT2D eigenvalue weighted by molar-refractivity contribution is -0.116. The van der Waals surface area contributed by atoms with Crippen molar-refractivity contribution in [2.45, 2.75) is 17.1 Å². The van der Waals surface area contributed by atoms with Crippen molar-refractivity contribution in [3.8, 4) is 0 Å². The number of rotatable bonds is 7. The Morgan fingerprint density at radius 3 is 2.35 bits per heavy atom. The largest absolute Gasteiger partial charge is 0.478 e. The number of benzene rings is 3. The molecule has 3 aromatic rings. The van der Waals surface area contributed by atoms with Crippen molar-refractivity contribution < 1.29 is 19.5 Å². The molecule has 0 aliphatic heterocycles. The van der Waals surface area contributed by atoms with Crippen molar-refractivity contribution in [2.24, 2.45) is 0 Å². The number of carboxylic acid groups (broad SMARTS) is 1. The van der Waals surface area contributed by atoms with Gasteiger partial charge in [-0.25, -0.2) is 4.79 Å². The first-order valence-electron chi connectivity index (χ1n) is 9.26. The highest BCUT2D eigenvalue weighted by Crippen LogP contribution is 2.37. The summed E-state index contributed by atoms with van der Waals surface area (Å²) < 4.78 is 0. The summed E-state index contributed by atoms with van der Waals surface area (Å²) in [4.78, 5) is 36.6. The molecule has 158 valence electrons. The Balaban J connectivity index is 1.90. The summed E-state index contributed by atoms with van der Waals surface area (Å²) in [7, 11) is 0. The summed E-state index contributed by atoms with van der Waals surface area (Å²) in [5.41, 5.74) is 1.63. The molecule has 3 aromatic carbocycles. The van der Waals surface area contributed by atoms with Gasteiger partial charge in [0.25, 0.3) is 0 Å². The van der Waals surface area contributed by atoms with E-state index >= 15 is 0 Å². The van der Waals surface area contributed by atoms with Crippen molar-refractivity contribution in [2.75, 3.05) is 10.6 Å². The normalized spacial score (nSPS) is 11.4. The van der Waals surface area contributed by atoms with Crippen LogP contribution in [0.15, 0.2) is 77.7 Å². The summed E-state index contributed by atoms with van der Waals surface area (Å²) in [6.07, 6.45) is 0. The van der Waals surface area contributed by atoms with Crippen LogP contribution in [0.1, 0.15) is 28.1 Å². The van der Waals surface area contributed by atoms with Crippen LogP contribution >= 0.6 is 23.4 Å². The monoisotopic (exact) mass is 454 g/mol. The van der Waals surface area contributed by atoms with E-state index in [4.69, 9.17) is 11.6 Å². The predicted octanol–water partition coefficient (Wildman–Crippen LogP) is 5.47. The highest BCUT2D eigenvalue weighted by Gasteiger charge is 2.23. The third-order valence-electron chi connectivity index (χ3n) is 4.22. The maximum absolute atomic E-state index is 13.2. The van der Waals surface area contributed by atoms with E-state index in [9.17, 15) is 19.5 Å². The van der Waals surface area contributed by atoms with E-state index in [1.807, 2.05) is 36.4 Å². The first kappa shape index (κ1) is 22.4. The molecule has 0 saturated heterocycles. The van der Waals surface area contributed by atoms with Crippen LogP contribution in [0.25, 0.3) is 0 Å². The molecule has 0 bridgehead atoms. The number of hydrogen-bond donors (Lipinski definition) is 3. The molecule has 2 amide bonds. The van der Waals surface area contributed by atoms with Crippen molar-refractivity contribution >= 4 is 52.5 Å². The van der Waals surface area contributed by atoms with E-state index in [0.29, 0.717) is 5.69 Å². The lowest BCUT2D eigenvalue weighted by Gasteiger charge is -2.18. The molecule has 0 aromatic heterocycles. The van der Waals surface area contributed by atoms with Crippen molar-refractivity contribution in [3.63, 3.8) is 0 Å². The van der Waals surface area contributed by atoms with Crippen LogP contribution in [0, 0.1) is 0 Å². The van der Waals surface area contributed by atoms with E-state index in [1.54, 1.807) is 18.2 Å². The van der Waals surface area contributed by atoms with Crippen LogP contribution in [0.3, 0.4) is 0 Å². The number of carbonyl (C=O) groups excluding carboxylic acids is 2. The predicted molar refractivity (Wildman–Crippen MR) is 123 cm³/mol. The van der Waals surface area contributed by atoms with Gasteiger partial charge in [-0.3, -0.25) is 9.59 Å². The number of carbonyl (C=O) groups is 3. The molecular formula is C23H19ClN2O4S. The Hall–Kier alpha value is -3.29. The molecular weight excluding hydrogens is 436 g/mol. The highest BCUT2D eigenvalue weighted by atomic mass is 35.5. The molecule has 3 N–H and O–H groups in total. The van der Waals surface area contributed by atoms with Gasteiger partial charge in [-0.15, -0.1) is 11.8 Å². The lowest BCUT2D eigenvalue weighted by atomic mass is 10.1. The molecule has 1 unspecified atom stereocenters. The minimum Gasteiger partial charge on any atom is -0.478 e. The van der Waals surface area contributed by atoms with Gasteiger partial charge in [0.2, 0.25) is 11.8 Å². The molecule has 0 radical (unpaired) electrons. The Bertz CT molecular complexity index is 1120. The number of thioether (sulfide) groups is 1. The van der Waals surface area contributed by atoms with Gasteiger partial charge in [0.05, 0.1) is 16.3 Å². The Labute approximate surface area is 188 Å². The molecule has 0 heterocycles. The zero-order chi connectivity index (χ0) is 22.4. The highest BCUT2D eigenvalue weighted by molar-refractivity contribution is 8.00. The second kappa shape index (κ2) is 10.1. The number of halogens is 1. The average molecular weight is 455 g/mol. The van der Waals surface area contributed by atoms with E-state index < -0.39 is 11.2 Å². The Morgan fingerprint density at radius 2 is 1.68 bits per heavy atom. The fraction of sp³-hybridized carbons (Fsp3) is 0.0870. The molecule has 3 rings (SSSR count). The average Bonchev–Trinajstić information content (AvgIpc) is 2.73. The van der Waals surface area contributed by atoms with Gasteiger partial charge in [-0.2, -0.15) is 0 Å². The fourth-order valence-electron chi connectivity index (χ4n) is 2.84. The van der Waals surface area contributed by atoms with E-state index in [-0.39, 0.29) is 28.1 Å².